The van der Waals surface area contributed by atoms with Gasteiger partial charge in [-0.05, 0) is 50.8 Å². The summed E-state index contributed by atoms with van der Waals surface area (Å²) in [6, 6.07) is 8.20. The molecule has 1 atom stereocenters. The predicted octanol–water partition coefficient (Wildman–Crippen LogP) is 3.26. The van der Waals surface area contributed by atoms with Gasteiger partial charge in [-0.2, -0.15) is 0 Å². The van der Waals surface area contributed by atoms with E-state index in [4.69, 9.17) is 16.0 Å². The highest BCUT2D eigenvalue weighted by Crippen LogP contribution is 2.37. The first kappa shape index (κ1) is 18.7. The second kappa shape index (κ2) is 7.04. The van der Waals surface area contributed by atoms with Crippen LogP contribution in [0.25, 0.3) is 11.0 Å². The molecule has 0 aliphatic carbocycles. The quantitative estimate of drug-likeness (QED) is 0.676. The second-order valence-corrected chi connectivity index (χ2v) is 7.64. The molecule has 4 rings (SSSR count). The van der Waals surface area contributed by atoms with Crippen LogP contribution >= 0.6 is 11.6 Å². The number of aryl methyl sites for hydroxylation is 1. The first-order valence-corrected chi connectivity index (χ1v) is 9.39. The highest BCUT2D eigenvalue weighted by atomic mass is 35.5. The summed E-state index contributed by atoms with van der Waals surface area (Å²) < 4.78 is 5.93. The van der Waals surface area contributed by atoms with Gasteiger partial charge in [-0.25, -0.2) is 0 Å². The summed E-state index contributed by atoms with van der Waals surface area (Å²) in [7, 11) is 3.87. The normalized spacial score (nSPS) is 16.2. The largest absolute Gasteiger partial charge is 0.450 e. The lowest BCUT2D eigenvalue weighted by Crippen LogP contribution is -2.35. The molecule has 1 amide bonds. The van der Waals surface area contributed by atoms with Crippen LogP contribution in [0.5, 0.6) is 0 Å². The highest BCUT2D eigenvalue weighted by Gasteiger charge is 2.43. The molecule has 144 valence electrons. The zero-order valence-corrected chi connectivity index (χ0v) is 16.7. The second-order valence-electron chi connectivity index (χ2n) is 7.23. The van der Waals surface area contributed by atoms with E-state index >= 15 is 0 Å². The Hall–Kier alpha value is -2.70. The number of nitrogens with zero attached hydrogens (tertiary/aromatic N) is 3. The summed E-state index contributed by atoms with van der Waals surface area (Å²) in [5, 5.41) is 0.862. The number of halogens is 1. The minimum Gasteiger partial charge on any atom is -0.450 e. The summed E-state index contributed by atoms with van der Waals surface area (Å²) in [5.74, 6) is -0.201. The fourth-order valence-corrected chi connectivity index (χ4v) is 3.69. The first-order chi connectivity index (χ1) is 13.4. The summed E-state index contributed by atoms with van der Waals surface area (Å²) in [6.07, 6.45) is 1.66. The summed E-state index contributed by atoms with van der Waals surface area (Å²) in [4.78, 5) is 34.6. The number of likely N-dealkylation sites (N-methyl/N-ethyl adjacent to an activating group) is 1. The fourth-order valence-electron chi connectivity index (χ4n) is 3.52. The first-order valence-electron chi connectivity index (χ1n) is 9.02. The van der Waals surface area contributed by atoms with Crippen LogP contribution in [0.2, 0.25) is 5.02 Å². The monoisotopic (exact) mass is 397 g/mol. The van der Waals surface area contributed by atoms with Gasteiger partial charge in [-0.15, -0.1) is 0 Å². The number of hydrogen-bond acceptors (Lipinski definition) is 5. The maximum absolute atomic E-state index is 13.4. The van der Waals surface area contributed by atoms with Crippen molar-refractivity contribution < 1.29 is 9.21 Å². The predicted molar refractivity (Wildman–Crippen MR) is 108 cm³/mol. The maximum atomic E-state index is 13.4. The number of fused-ring (bicyclic) bond motifs is 2. The van der Waals surface area contributed by atoms with Gasteiger partial charge in [0.15, 0.2) is 5.43 Å². The van der Waals surface area contributed by atoms with Gasteiger partial charge in [0.2, 0.25) is 5.76 Å². The molecular formula is C21H20ClN3O3. The molecule has 3 aromatic rings. The molecular weight excluding hydrogens is 378 g/mol. The van der Waals surface area contributed by atoms with Gasteiger partial charge in [0.25, 0.3) is 5.91 Å². The van der Waals surface area contributed by atoms with E-state index in [0.29, 0.717) is 40.3 Å². The van der Waals surface area contributed by atoms with Crippen molar-refractivity contribution in [3.8, 4) is 0 Å². The van der Waals surface area contributed by atoms with E-state index in [9.17, 15) is 9.59 Å². The van der Waals surface area contributed by atoms with Crippen LogP contribution in [0.3, 0.4) is 0 Å². The Kier molecular flexibility index (Phi) is 4.69. The molecule has 3 heterocycles. The molecule has 1 aliphatic heterocycles. The molecule has 0 saturated carbocycles. The minimum absolute atomic E-state index is 0.0913. The van der Waals surface area contributed by atoms with Crippen molar-refractivity contribution in [2.75, 3.05) is 27.2 Å². The number of pyridine rings is 1. The number of benzene rings is 1. The molecule has 0 radical (unpaired) electrons. The topological polar surface area (TPSA) is 66.7 Å². The van der Waals surface area contributed by atoms with Gasteiger partial charge in [-0.3, -0.25) is 14.6 Å². The Bertz CT molecular complexity index is 1130. The lowest BCUT2D eigenvalue weighted by molar-refractivity contribution is 0.0714. The average Bonchev–Trinajstić information content (AvgIpc) is 2.95. The molecule has 1 aliphatic rings. The summed E-state index contributed by atoms with van der Waals surface area (Å²) >= 11 is 6.23. The van der Waals surface area contributed by atoms with E-state index in [1.165, 1.54) is 0 Å². The van der Waals surface area contributed by atoms with Gasteiger partial charge in [0.05, 0.1) is 16.6 Å². The van der Waals surface area contributed by atoms with Crippen LogP contribution in [0.15, 0.2) is 45.7 Å². The Morgan fingerprint density at radius 1 is 1.25 bits per heavy atom. The van der Waals surface area contributed by atoms with Crippen molar-refractivity contribution in [1.82, 2.24) is 14.8 Å². The molecule has 2 aromatic heterocycles. The van der Waals surface area contributed by atoms with Crippen molar-refractivity contribution in [3.63, 3.8) is 0 Å². The summed E-state index contributed by atoms with van der Waals surface area (Å²) in [6.45, 7) is 2.94. The fraction of sp³-hybridized carbons (Fsp3) is 0.286. The Morgan fingerprint density at radius 3 is 2.71 bits per heavy atom. The van der Waals surface area contributed by atoms with Gasteiger partial charge in [0, 0.05) is 24.3 Å². The third kappa shape index (κ3) is 2.99. The van der Waals surface area contributed by atoms with Crippen LogP contribution in [0, 0.1) is 6.92 Å². The molecule has 0 saturated heterocycles. The smallest absolute Gasteiger partial charge is 0.291 e. The molecule has 28 heavy (non-hydrogen) atoms. The highest BCUT2D eigenvalue weighted by molar-refractivity contribution is 6.32. The molecule has 1 aromatic carbocycles. The third-order valence-corrected chi connectivity index (χ3v) is 5.41. The Labute approximate surface area is 167 Å². The average molecular weight is 398 g/mol. The number of aromatic nitrogens is 1. The number of carbonyl (C=O) groups is 1. The molecule has 0 fully saturated rings. The number of rotatable bonds is 4. The van der Waals surface area contributed by atoms with E-state index in [1.54, 1.807) is 29.3 Å². The van der Waals surface area contributed by atoms with Crippen LogP contribution in [-0.4, -0.2) is 47.9 Å². The van der Waals surface area contributed by atoms with Crippen molar-refractivity contribution in [2.24, 2.45) is 0 Å². The van der Waals surface area contributed by atoms with Gasteiger partial charge in [0.1, 0.15) is 11.6 Å². The Balaban J connectivity index is 1.96. The van der Waals surface area contributed by atoms with Crippen molar-refractivity contribution >= 4 is 28.5 Å². The minimum atomic E-state index is -0.579. The van der Waals surface area contributed by atoms with Crippen molar-refractivity contribution in [1.29, 1.82) is 0 Å². The van der Waals surface area contributed by atoms with E-state index in [0.717, 1.165) is 5.56 Å². The van der Waals surface area contributed by atoms with E-state index in [2.05, 4.69) is 4.98 Å². The molecule has 0 spiro atoms. The van der Waals surface area contributed by atoms with Crippen molar-refractivity contribution in [2.45, 2.75) is 13.0 Å². The molecule has 1 unspecified atom stereocenters. The Morgan fingerprint density at radius 2 is 2.04 bits per heavy atom. The maximum Gasteiger partial charge on any atom is 0.291 e. The van der Waals surface area contributed by atoms with Crippen LogP contribution < -0.4 is 5.43 Å². The van der Waals surface area contributed by atoms with Gasteiger partial charge < -0.3 is 14.2 Å². The standard InChI is InChI=1S/C21H20ClN3O3/c1-12-10-16-13(11-14(12)22)19(26)17-18(15-6-4-5-7-23-15)25(9-8-24(2)3)21(27)20(17)28-16/h4-7,10-11,18H,8-9H2,1-3H3. The summed E-state index contributed by atoms with van der Waals surface area (Å²) in [5.41, 5.74) is 1.88. The van der Waals surface area contributed by atoms with Crippen LogP contribution in [0.1, 0.15) is 33.4 Å². The zero-order chi connectivity index (χ0) is 20.0. The van der Waals surface area contributed by atoms with Gasteiger partial charge in [-0.1, -0.05) is 17.7 Å². The third-order valence-electron chi connectivity index (χ3n) is 5.00. The van der Waals surface area contributed by atoms with E-state index in [1.807, 2.05) is 38.1 Å². The van der Waals surface area contributed by atoms with Crippen LogP contribution in [0.4, 0.5) is 0 Å². The number of hydrogen-bond donors (Lipinski definition) is 0. The molecule has 7 heteroatoms. The lowest BCUT2D eigenvalue weighted by atomic mass is 10.0. The molecule has 0 bridgehead atoms. The SMILES string of the molecule is Cc1cc2oc3c(c(=O)c2cc1Cl)C(c1ccccn1)N(CCN(C)C)C3=O. The number of amides is 1. The molecule has 6 nitrogen and oxygen atoms in total. The molecule has 0 N–H and O–H groups in total. The number of carbonyl (C=O) groups excluding carboxylic acids is 1. The van der Waals surface area contributed by atoms with Gasteiger partial charge >= 0.3 is 0 Å². The van der Waals surface area contributed by atoms with E-state index in [-0.39, 0.29) is 17.1 Å². The van der Waals surface area contributed by atoms with Crippen molar-refractivity contribution in [3.05, 3.63) is 74.4 Å². The lowest BCUT2D eigenvalue weighted by Gasteiger charge is -2.25. The zero-order valence-electron chi connectivity index (χ0n) is 15.9. The van der Waals surface area contributed by atoms with E-state index < -0.39 is 6.04 Å². The van der Waals surface area contributed by atoms with Crippen LogP contribution in [-0.2, 0) is 0 Å².